The zero-order valence-electron chi connectivity index (χ0n) is 10.6. The molecule has 1 rings (SSSR count). The van der Waals surface area contributed by atoms with Gasteiger partial charge in [-0.2, -0.15) is 0 Å². The second-order valence-electron chi connectivity index (χ2n) is 5.08. The second kappa shape index (κ2) is 7.24. The summed E-state index contributed by atoms with van der Waals surface area (Å²) in [6, 6.07) is 0.674. The molecule has 2 nitrogen and oxygen atoms in total. The van der Waals surface area contributed by atoms with Crippen molar-refractivity contribution in [2.75, 3.05) is 19.8 Å². The van der Waals surface area contributed by atoms with Gasteiger partial charge in [-0.3, -0.25) is 0 Å². The average Bonchev–Trinajstić information content (AvgIpc) is 3.00. The van der Waals surface area contributed by atoms with Crippen molar-refractivity contribution in [3.05, 3.63) is 0 Å². The van der Waals surface area contributed by atoms with Crippen molar-refractivity contribution in [1.82, 2.24) is 5.32 Å². The molecule has 0 aromatic rings. The van der Waals surface area contributed by atoms with Gasteiger partial charge in [0.15, 0.2) is 0 Å². The predicted molar refractivity (Wildman–Crippen MR) is 65.1 cm³/mol. The van der Waals surface area contributed by atoms with E-state index in [0.29, 0.717) is 6.04 Å². The highest BCUT2D eigenvalue weighted by Gasteiger charge is 2.20. The van der Waals surface area contributed by atoms with Crippen molar-refractivity contribution in [1.29, 1.82) is 0 Å². The molecular weight excluding hydrogens is 186 g/mol. The van der Waals surface area contributed by atoms with Crippen LogP contribution < -0.4 is 5.32 Å². The Labute approximate surface area is 94.8 Å². The second-order valence-corrected chi connectivity index (χ2v) is 5.08. The fourth-order valence-corrected chi connectivity index (χ4v) is 1.85. The molecular formula is C13H27NO. The van der Waals surface area contributed by atoms with E-state index in [-0.39, 0.29) is 0 Å². The molecule has 15 heavy (non-hydrogen) atoms. The number of nitrogens with one attached hydrogen (secondary N) is 1. The van der Waals surface area contributed by atoms with Gasteiger partial charge >= 0.3 is 0 Å². The van der Waals surface area contributed by atoms with Crippen LogP contribution in [0.25, 0.3) is 0 Å². The smallest absolute Gasteiger partial charge is 0.0494 e. The average molecular weight is 213 g/mol. The molecule has 0 saturated heterocycles. The molecule has 1 aliphatic carbocycles. The lowest BCUT2D eigenvalue weighted by molar-refractivity contribution is 0.121. The molecule has 1 saturated carbocycles. The first-order valence-electron chi connectivity index (χ1n) is 6.55. The summed E-state index contributed by atoms with van der Waals surface area (Å²) >= 11 is 0. The largest absolute Gasteiger partial charge is 0.381 e. The first kappa shape index (κ1) is 13.0. The highest BCUT2D eigenvalue weighted by molar-refractivity contribution is 4.72. The molecule has 1 unspecified atom stereocenters. The Kier molecular flexibility index (Phi) is 6.26. The number of hydrogen-bond acceptors (Lipinski definition) is 2. The van der Waals surface area contributed by atoms with Crippen molar-refractivity contribution >= 4 is 0 Å². The molecule has 0 amide bonds. The molecule has 1 fully saturated rings. The third-order valence-electron chi connectivity index (χ3n) is 3.17. The molecule has 2 heteroatoms. The van der Waals surface area contributed by atoms with Gasteiger partial charge in [-0.05, 0) is 44.1 Å². The molecule has 0 aromatic heterocycles. The van der Waals surface area contributed by atoms with E-state index < -0.39 is 0 Å². The highest BCUT2D eigenvalue weighted by atomic mass is 16.5. The SMILES string of the molecule is CCC(NCCCOCC1CC1)C(C)C. The molecule has 1 N–H and O–H groups in total. The summed E-state index contributed by atoms with van der Waals surface area (Å²) in [5, 5.41) is 3.59. The quantitative estimate of drug-likeness (QED) is 0.595. The lowest BCUT2D eigenvalue weighted by Gasteiger charge is -2.20. The summed E-state index contributed by atoms with van der Waals surface area (Å²) in [5.74, 6) is 1.64. The Morgan fingerprint density at radius 2 is 2.07 bits per heavy atom. The summed E-state index contributed by atoms with van der Waals surface area (Å²) in [7, 11) is 0. The van der Waals surface area contributed by atoms with Crippen LogP contribution in [0.15, 0.2) is 0 Å². The fourth-order valence-electron chi connectivity index (χ4n) is 1.85. The minimum atomic E-state index is 0.674. The van der Waals surface area contributed by atoms with Gasteiger partial charge in [-0.25, -0.2) is 0 Å². The Morgan fingerprint density at radius 3 is 2.60 bits per heavy atom. The summed E-state index contributed by atoms with van der Waals surface area (Å²) in [5.41, 5.74) is 0. The zero-order valence-corrected chi connectivity index (χ0v) is 10.6. The van der Waals surface area contributed by atoms with Gasteiger partial charge in [-0.1, -0.05) is 20.8 Å². The van der Waals surface area contributed by atoms with E-state index in [4.69, 9.17) is 4.74 Å². The third kappa shape index (κ3) is 6.16. The van der Waals surface area contributed by atoms with E-state index in [1.54, 1.807) is 0 Å². The van der Waals surface area contributed by atoms with Gasteiger partial charge in [0.1, 0.15) is 0 Å². The van der Waals surface area contributed by atoms with Gasteiger partial charge in [0.05, 0.1) is 0 Å². The van der Waals surface area contributed by atoms with E-state index in [1.165, 1.54) is 19.3 Å². The van der Waals surface area contributed by atoms with Gasteiger partial charge in [0, 0.05) is 19.3 Å². The first-order valence-corrected chi connectivity index (χ1v) is 6.55. The Balaban J connectivity index is 1.85. The summed E-state index contributed by atoms with van der Waals surface area (Å²) in [4.78, 5) is 0. The predicted octanol–water partition coefficient (Wildman–Crippen LogP) is 2.83. The molecule has 0 bridgehead atoms. The summed E-state index contributed by atoms with van der Waals surface area (Å²) in [6.07, 6.45) is 5.16. The normalized spacial score (nSPS) is 18.4. The Bertz CT molecular complexity index is 155. The Morgan fingerprint density at radius 1 is 1.33 bits per heavy atom. The van der Waals surface area contributed by atoms with E-state index in [9.17, 15) is 0 Å². The van der Waals surface area contributed by atoms with Crippen LogP contribution in [0, 0.1) is 11.8 Å². The molecule has 0 heterocycles. The van der Waals surface area contributed by atoms with Crippen molar-refractivity contribution in [3.63, 3.8) is 0 Å². The van der Waals surface area contributed by atoms with Crippen LogP contribution >= 0.6 is 0 Å². The van der Waals surface area contributed by atoms with Gasteiger partial charge < -0.3 is 10.1 Å². The third-order valence-corrected chi connectivity index (χ3v) is 3.17. The molecule has 0 aliphatic heterocycles. The van der Waals surface area contributed by atoms with Gasteiger partial charge in [0.25, 0.3) is 0 Å². The van der Waals surface area contributed by atoms with E-state index >= 15 is 0 Å². The van der Waals surface area contributed by atoms with Crippen LogP contribution in [0.5, 0.6) is 0 Å². The van der Waals surface area contributed by atoms with E-state index in [0.717, 1.165) is 38.0 Å². The van der Waals surface area contributed by atoms with Gasteiger partial charge in [0.2, 0.25) is 0 Å². The Hall–Kier alpha value is -0.0800. The van der Waals surface area contributed by atoms with Crippen LogP contribution in [-0.4, -0.2) is 25.8 Å². The molecule has 90 valence electrons. The van der Waals surface area contributed by atoms with Crippen molar-refractivity contribution in [2.45, 2.75) is 52.5 Å². The zero-order chi connectivity index (χ0) is 11.1. The maximum absolute atomic E-state index is 5.59. The minimum Gasteiger partial charge on any atom is -0.381 e. The minimum absolute atomic E-state index is 0.674. The maximum Gasteiger partial charge on any atom is 0.0494 e. The van der Waals surface area contributed by atoms with Crippen LogP contribution in [0.3, 0.4) is 0 Å². The maximum atomic E-state index is 5.59. The topological polar surface area (TPSA) is 21.3 Å². The fraction of sp³-hybridized carbons (Fsp3) is 1.00. The first-order chi connectivity index (χ1) is 7.24. The summed E-state index contributed by atoms with van der Waals surface area (Å²) in [6.45, 7) is 9.84. The van der Waals surface area contributed by atoms with Crippen molar-refractivity contribution < 1.29 is 4.74 Å². The standard InChI is InChI=1S/C13H27NO/c1-4-13(11(2)3)14-8-5-9-15-10-12-6-7-12/h11-14H,4-10H2,1-3H3. The van der Waals surface area contributed by atoms with Crippen molar-refractivity contribution in [2.24, 2.45) is 11.8 Å². The van der Waals surface area contributed by atoms with Crippen LogP contribution in [0.4, 0.5) is 0 Å². The highest BCUT2D eigenvalue weighted by Crippen LogP contribution is 2.28. The van der Waals surface area contributed by atoms with Crippen LogP contribution in [-0.2, 0) is 4.74 Å². The molecule has 0 spiro atoms. The molecule has 0 radical (unpaired) electrons. The van der Waals surface area contributed by atoms with Gasteiger partial charge in [-0.15, -0.1) is 0 Å². The van der Waals surface area contributed by atoms with Crippen molar-refractivity contribution in [3.8, 4) is 0 Å². The monoisotopic (exact) mass is 213 g/mol. The number of rotatable bonds is 9. The van der Waals surface area contributed by atoms with Crippen LogP contribution in [0.1, 0.15) is 46.5 Å². The molecule has 1 aliphatic rings. The lowest BCUT2D eigenvalue weighted by Crippen LogP contribution is -2.34. The number of hydrogen-bond donors (Lipinski definition) is 1. The van der Waals surface area contributed by atoms with Crippen LogP contribution in [0.2, 0.25) is 0 Å². The molecule has 0 aromatic carbocycles. The van der Waals surface area contributed by atoms with E-state index in [1.807, 2.05) is 0 Å². The molecule has 1 atom stereocenters. The lowest BCUT2D eigenvalue weighted by atomic mass is 10.0. The van der Waals surface area contributed by atoms with E-state index in [2.05, 4.69) is 26.1 Å². The number of ether oxygens (including phenoxy) is 1. The summed E-state index contributed by atoms with van der Waals surface area (Å²) < 4.78 is 5.59.